The van der Waals surface area contributed by atoms with E-state index in [0.717, 1.165) is 16.8 Å². The van der Waals surface area contributed by atoms with Crippen molar-refractivity contribution in [2.24, 2.45) is 0 Å². The van der Waals surface area contributed by atoms with Crippen LogP contribution in [0.2, 0.25) is 0 Å². The summed E-state index contributed by atoms with van der Waals surface area (Å²) in [6, 6.07) is 11.4. The molecular formula is C20H21FN2O2. The van der Waals surface area contributed by atoms with Crippen LogP contribution in [0.4, 0.5) is 15.8 Å². The van der Waals surface area contributed by atoms with Crippen molar-refractivity contribution in [1.82, 2.24) is 0 Å². The van der Waals surface area contributed by atoms with E-state index in [2.05, 4.69) is 10.6 Å². The fourth-order valence-corrected chi connectivity index (χ4v) is 3.15. The van der Waals surface area contributed by atoms with Gasteiger partial charge in [-0.25, -0.2) is 4.39 Å². The van der Waals surface area contributed by atoms with Gasteiger partial charge in [-0.3, -0.25) is 9.59 Å². The van der Waals surface area contributed by atoms with Crippen molar-refractivity contribution >= 4 is 23.2 Å². The van der Waals surface area contributed by atoms with Crippen LogP contribution in [0.25, 0.3) is 0 Å². The number of hydrogen-bond donors (Lipinski definition) is 2. The summed E-state index contributed by atoms with van der Waals surface area (Å²) >= 11 is 0. The van der Waals surface area contributed by atoms with E-state index in [1.54, 1.807) is 24.3 Å². The van der Waals surface area contributed by atoms with Crippen molar-refractivity contribution in [3.8, 4) is 0 Å². The van der Waals surface area contributed by atoms with Gasteiger partial charge >= 0.3 is 0 Å². The Bertz CT molecular complexity index is 828. The smallest absolute Gasteiger partial charge is 0.234 e. The van der Waals surface area contributed by atoms with E-state index in [0.29, 0.717) is 12.1 Å². The predicted molar refractivity (Wildman–Crippen MR) is 96.2 cm³/mol. The molecule has 5 heteroatoms. The van der Waals surface area contributed by atoms with Crippen LogP contribution < -0.4 is 10.6 Å². The average molecular weight is 340 g/mol. The molecule has 0 saturated heterocycles. The number of rotatable bonds is 4. The average Bonchev–Trinajstić information content (AvgIpc) is 2.80. The molecule has 3 rings (SSSR count). The summed E-state index contributed by atoms with van der Waals surface area (Å²) in [5.74, 6) is -0.883. The Hall–Kier alpha value is -2.69. The number of carbonyl (C=O) groups is 2. The number of nitrogens with one attached hydrogen (secondary N) is 2. The fourth-order valence-electron chi connectivity index (χ4n) is 3.15. The second kappa shape index (κ2) is 6.31. The van der Waals surface area contributed by atoms with E-state index in [1.165, 1.54) is 12.1 Å². The second-order valence-electron chi connectivity index (χ2n) is 6.84. The van der Waals surface area contributed by atoms with Gasteiger partial charge in [0.05, 0.1) is 11.3 Å². The molecular weight excluding hydrogens is 319 g/mol. The second-order valence-corrected chi connectivity index (χ2v) is 6.84. The Morgan fingerprint density at radius 3 is 2.52 bits per heavy atom. The highest BCUT2D eigenvalue weighted by Crippen LogP contribution is 2.38. The molecule has 1 aliphatic heterocycles. The molecule has 0 aromatic heterocycles. The van der Waals surface area contributed by atoms with E-state index in [1.807, 2.05) is 26.8 Å². The van der Waals surface area contributed by atoms with Crippen molar-refractivity contribution in [3.05, 3.63) is 59.4 Å². The number of benzene rings is 2. The summed E-state index contributed by atoms with van der Waals surface area (Å²) in [5.41, 5.74) is 2.44. The minimum Gasteiger partial charge on any atom is -0.326 e. The first kappa shape index (κ1) is 17.1. The monoisotopic (exact) mass is 340 g/mol. The number of carbonyl (C=O) groups excluding carboxylic acids is 2. The minimum atomic E-state index is -0.628. The largest absolute Gasteiger partial charge is 0.326 e. The SMILES string of the molecule is CCC(C(=O)Nc1ccc2c(c1)C(C)(C)C(=O)N2)c1ccc(F)cc1. The fraction of sp³-hybridized carbons (Fsp3) is 0.300. The third kappa shape index (κ3) is 3.14. The van der Waals surface area contributed by atoms with Gasteiger partial charge in [-0.2, -0.15) is 0 Å². The van der Waals surface area contributed by atoms with Crippen LogP contribution in [0, 0.1) is 5.82 Å². The van der Waals surface area contributed by atoms with Crippen LogP contribution in [0.15, 0.2) is 42.5 Å². The molecule has 4 nitrogen and oxygen atoms in total. The zero-order valence-electron chi connectivity index (χ0n) is 14.5. The van der Waals surface area contributed by atoms with Crippen molar-refractivity contribution in [2.45, 2.75) is 38.5 Å². The van der Waals surface area contributed by atoms with E-state index in [9.17, 15) is 14.0 Å². The molecule has 0 bridgehead atoms. The van der Waals surface area contributed by atoms with Crippen LogP contribution in [-0.4, -0.2) is 11.8 Å². The van der Waals surface area contributed by atoms with Gasteiger partial charge in [-0.1, -0.05) is 19.1 Å². The molecule has 130 valence electrons. The summed E-state index contributed by atoms with van der Waals surface area (Å²) in [4.78, 5) is 24.7. The Morgan fingerprint density at radius 1 is 1.20 bits per heavy atom. The van der Waals surface area contributed by atoms with Crippen LogP contribution in [0.3, 0.4) is 0 Å². The van der Waals surface area contributed by atoms with Crippen LogP contribution in [0.1, 0.15) is 44.2 Å². The molecule has 25 heavy (non-hydrogen) atoms. The van der Waals surface area contributed by atoms with Gasteiger partial charge in [0.2, 0.25) is 11.8 Å². The van der Waals surface area contributed by atoms with Crippen molar-refractivity contribution in [1.29, 1.82) is 0 Å². The van der Waals surface area contributed by atoms with E-state index in [-0.39, 0.29) is 23.5 Å². The lowest BCUT2D eigenvalue weighted by atomic mass is 9.86. The maximum atomic E-state index is 13.1. The highest BCUT2D eigenvalue weighted by Gasteiger charge is 2.38. The standard InChI is InChI=1S/C20H21FN2O2/c1-4-15(12-5-7-13(21)8-6-12)18(24)22-14-9-10-17-16(11-14)20(2,3)19(25)23-17/h5-11,15H,4H2,1-3H3,(H,22,24)(H,23,25). The molecule has 0 radical (unpaired) electrons. The number of hydrogen-bond acceptors (Lipinski definition) is 2. The third-order valence-corrected chi connectivity index (χ3v) is 4.77. The highest BCUT2D eigenvalue weighted by atomic mass is 19.1. The maximum Gasteiger partial charge on any atom is 0.234 e. The minimum absolute atomic E-state index is 0.0521. The molecule has 0 aliphatic carbocycles. The lowest BCUT2D eigenvalue weighted by molar-refractivity contribution is -0.119. The molecule has 1 heterocycles. The predicted octanol–water partition coefficient (Wildman–Crippen LogP) is 4.19. The van der Waals surface area contributed by atoms with Gasteiger partial charge in [-0.15, -0.1) is 0 Å². The quantitative estimate of drug-likeness (QED) is 0.877. The maximum absolute atomic E-state index is 13.1. The van der Waals surface area contributed by atoms with E-state index >= 15 is 0 Å². The first-order chi connectivity index (χ1) is 11.8. The highest BCUT2D eigenvalue weighted by molar-refractivity contribution is 6.06. The van der Waals surface area contributed by atoms with Gasteiger partial charge in [-0.05, 0) is 61.7 Å². The molecule has 0 spiro atoms. The molecule has 2 aromatic carbocycles. The summed E-state index contributed by atoms with van der Waals surface area (Å²) in [7, 11) is 0. The number of halogens is 1. The van der Waals surface area contributed by atoms with Crippen LogP contribution in [-0.2, 0) is 15.0 Å². The first-order valence-electron chi connectivity index (χ1n) is 8.35. The summed E-state index contributed by atoms with van der Waals surface area (Å²) in [6.45, 7) is 5.63. The molecule has 0 fully saturated rings. The molecule has 1 unspecified atom stereocenters. The Labute approximate surface area is 146 Å². The topological polar surface area (TPSA) is 58.2 Å². The Morgan fingerprint density at radius 2 is 1.88 bits per heavy atom. The molecule has 2 N–H and O–H groups in total. The van der Waals surface area contributed by atoms with Crippen LogP contribution >= 0.6 is 0 Å². The van der Waals surface area contributed by atoms with Crippen LogP contribution in [0.5, 0.6) is 0 Å². The van der Waals surface area contributed by atoms with Gasteiger partial charge < -0.3 is 10.6 Å². The zero-order chi connectivity index (χ0) is 18.2. The van der Waals surface area contributed by atoms with Crippen molar-refractivity contribution < 1.29 is 14.0 Å². The summed E-state index contributed by atoms with van der Waals surface area (Å²) in [5, 5.41) is 5.76. The molecule has 2 aromatic rings. The van der Waals surface area contributed by atoms with Crippen molar-refractivity contribution in [2.75, 3.05) is 10.6 Å². The molecule has 1 aliphatic rings. The summed E-state index contributed by atoms with van der Waals surface area (Å²) < 4.78 is 13.1. The zero-order valence-corrected chi connectivity index (χ0v) is 14.5. The third-order valence-electron chi connectivity index (χ3n) is 4.77. The molecule has 2 amide bonds. The molecule has 1 atom stereocenters. The summed E-state index contributed by atoms with van der Waals surface area (Å²) in [6.07, 6.45) is 0.605. The Kier molecular flexibility index (Phi) is 4.33. The number of amides is 2. The molecule has 0 saturated carbocycles. The lowest BCUT2D eigenvalue weighted by Crippen LogP contribution is -2.27. The first-order valence-corrected chi connectivity index (χ1v) is 8.35. The van der Waals surface area contributed by atoms with E-state index in [4.69, 9.17) is 0 Å². The lowest BCUT2D eigenvalue weighted by Gasteiger charge is -2.18. The Balaban J connectivity index is 1.82. The van der Waals surface area contributed by atoms with Gasteiger partial charge in [0.15, 0.2) is 0 Å². The number of anilines is 2. The van der Waals surface area contributed by atoms with Gasteiger partial charge in [0.1, 0.15) is 5.82 Å². The van der Waals surface area contributed by atoms with Gasteiger partial charge in [0.25, 0.3) is 0 Å². The van der Waals surface area contributed by atoms with E-state index < -0.39 is 5.41 Å². The number of fused-ring (bicyclic) bond motifs is 1. The van der Waals surface area contributed by atoms with Crippen molar-refractivity contribution in [3.63, 3.8) is 0 Å². The van der Waals surface area contributed by atoms with Gasteiger partial charge in [0, 0.05) is 11.4 Å². The normalized spacial score (nSPS) is 16.1.